The number of benzene rings is 1. The van der Waals surface area contributed by atoms with Crippen LogP contribution in [0, 0.1) is 5.41 Å². The van der Waals surface area contributed by atoms with Gasteiger partial charge in [0.25, 0.3) is 0 Å². The molecule has 0 aliphatic heterocycles. The lowest BCUT2D eigenvalue weighted by atomic mass is 9.76. The highest BCUT2D eigenvalue weighted by Gasteiger charge is 2.28. The summed E-state index contributed by atoms with van der Waals surface area (Å²) in [5.74, 6) is 0.632. The Balaban J connectivity index is 2.14. The number of amidine groups is 1. The minimum Gasteiger partial charge on any atom is -0.490 e. The van der Waals surface area contributed by atoms with Gasteiger partial charge in [0.2, 0.25) is 0 Å². The first-order valence-corrected chi connectivity index (χ1v) is 7.23. The monoisotopic (exact) mass is 296 g/mol. The fourth-order valence-electron chi connectivity index (χ4n) is 2.53. The molecule has 2 rings (SSSR count). The van der Waals surface area contributed by atoms with E-state index in [9.17, 15) is 0 Å². The predicted octanol–water partition coefficient (Wildman–Crippen LogP) is 3.78. The standard InChI is InChI=1S/C15H21ClN2O2/c1-15(2)7-5-11(6-8-15)20-13-4-3-10(16)9-12(13)14(17)18-19/h3-4,9,11,19H,5-8H2,1-2H3,(H2,17,18). The van der Waals surface area contributed by atoms with E-state index in [1.165, 1.54) is 0 Å². The zero-order valence-corrected chi connectivity index (χ0v) is 12.7. The predicted molar refractivity (Wildman–Crippen MR) is 80.6 cm³/mol. The van der Waals surface area contributed by atoms with Crippen LogP contribution in [0.15, 0.2) is 23.4 Å². The minimum absolute atomic E-state index is 0.0126. The molecule has 3 N–H and O–H groups in total. The van der Waals surface area contributed by atoms with Crippen molar-refractivity contribution in [2.75, 3.05) is 0 Å². The van der Waals surface area contributed by atoms with Crippen LogP contribution < -0.4 is 10.5 Å². The maximum atomic E-state index is 8.84. The third kappa shape index (κ3) is 3.57. The van der Waals surface area contributed by atoms with Gasteiger partial charge in [-0.1, -0.05) is 30.6 Å². The summed E-state index contributed by atoms with van der Waals surface area (Å²) in [5, 5.41) is 12.4. The SMILES string of the molecule is CC1(C)CCC(Oc2ccc(Cl)cc2/C(N)=N/O)CC1. The molecular weight excluding hydrogens is 276 g/mol. The van der Waals surface area contributed by atoms with E-state index < -0.39 is 0 Å². The number of ether oxygens (including phenoxy) is 1. The Kier molecular flexibility index (Phi) is 4.43. The fraction of sp³-hybridized carbons (Fsp3) is 0.533. The Bertz CT molecular complexity index is 505. The molecule has 1 fully saturated rings. The molecule has 0 saturated heterocycles. The van der Waals surface area contributed by atoms with Crippen molar-refractivity contribution >= 4 is 17.4 Å². The van der Waals surface area contributed by atoms with E-state index in [1.807, 2.05) is 0 Å². The first-order chi connectivity index (χ1) is 9.41. The Labute approximate surface area is 124 Å². The van der Waals surface area contributed by atoms with Crippen LogP contribution in [0.4, 0.5) is 0 Å². The van der Waals surface area contributed by atoms with Gasteiger partial charge in [0.1, 0.15) is 5.75 Å². The fourth-order valence-corrected chi connectivity index (χ4v) is 2.70. The van der Waals surface area contributed by atoms with Crippen molar-refractivity contribution in [2.45, 2.75) is 45.6 Å². The topological polar surface area (TPSA) is 67.8 Å². The smallest absolute Gasteiger partial charge is 0.173 e. The van der Waals surface area contributed by atoms with Crippen molar-refractivity contribution in [3.8, 4) is 5.75 Å². The van der Waals surface area contributed by atoms with Crippen molar-refractivity contribution in [3.05, 3.63) is 28.8 Å². The number of halogens is 1. The summed E-state index contributed by atoms with van der Waals surface area (Å²) < 4.78 is 6.03. The maximum Gasteiger partial charge on any atom is 0.173 e. The molecule has 4 nitrogen and oxygen atoms in total. The molecule has 1 aromatic carbocycles. The highest BCUT2D eigenvalue weighted by molar-refractivity contribution is 6.31. The second kappa shape index (κ2) is 5.92. The van der Waals surface area contributed by atoms with E-state index in [1.54, 1.807) is 18.2 Å². The van der Waals surface area contributed by atoms with E-state index in [0.717, 1.165) is 25.7 Å². The van der Waals surface area contributed by atoms with Crippen molar-refractivity contribution in [2.24, 2.45) is 16.3 Å². The molecule has 0 radical (unpaired) electrons. The minimum atomic E-state index is 0.0126. The number of hydrogen-bond acceptors (Lipinski definition) is 3. The molecular formula is C15H21ClN2O2. The van der Waals surface area contributed by atoms with Gasteiger partial charge in [-0.25, -0.2) is 0 Å². The van der Waals surface area contributed by atoms with Gasteiger partial charge in [-0.3, -0.25) is 0 Å². The first kappa shape index (κ1) is 15.0. The molecule has 0 heterocycles. The third-order valence-electron chi connectivity index (χ3n) is 3.91. The highest BCUT2D eigenvalue weighted by atomic mass is 35.5. The van der Waals surface area contributed by atoms with Crippen molar-refractivity contribution in [1.82, 2.24) is 0 Å². The first-order valence-electron chi connectivity index (χ1n) is 6.85. The Morgan fingerprint density at radius 3 is 2.65 bits per heavy atom. The third-order valence-corrected chi connectivity index (χ3v) is 4.14. The Morgan fingerprint density at radius 2 is 2.05 bits per heavy atom. The van der Waals surface area contributed by atoms with E-state index >= 15 is 0 Å². The number of oxime groups is 1. The lowest BCUT2D eigenvalue weighted by Crippen LogP contribution is -2.29. The van der Waals surface area contributed by atoms with Crippen LogP contribution in [0.5, 0.6) is 5.75 Å². The van der Waals surface area contributed by atoms with Gasteiger partial charge in [0, 0.05) is 5.02 Å². The number of rotatable bonds is 3. The highest BCUT2D eigenvalue weighted by Crippen LogP contribution is 2.37. The van der Waals surface area contributed by atoms with E-state index in [4.69, 9.17) is 27.3 Å². The van der Waals surface area contributed by atoms with Crippen molar-refractivity contribution in [3.63, 3.8) is 0 Å². The summed E-state index contributed by atoms with van der Waals surface area (Å²) in [6.45, 7) is 4.57. The molecule has 0 bridgehead atoms. The number of hydrogen-bond donors (Lipinski definition) is 2. The van der Waals surface area contributed by atoms with Gasteiger partial charge in [-0.05, 0) is 49.3 Å². The molecule has 1 aliphatic carbocycles. The molecule has 1 aromatic rings. The average Bonchev–Trinajstić information content (AvgIpc) is 2.42. The van der Waals surface area contributed by atoms with Gasteiger partial charge >= 0.3 is 0 Å². The normalized spacial score (nSPS) is 19.9. The molecule has 0 aromatic heterocycles. The Morgan fingerprint density at radius 1 is 1.40 bits per heavy atom. The molecule has 1 aliphatic rings. The second-order valence-electron chi connectivity index (χ2n) is 6.11. The second-order valence-corrected chi connectivity index (χ2v) is 6.54. The van der Waals surface area contributed by atoms with E-state index in [2.05, 4.69) is 19.0 Å². The van der Waals surface area contributed by atoms with Crippen molar-refractivity contribution < 1.29 is 9.94 Å². The average molecular weight is 297 g/mol. The number of nitrogens with zero attached hydrogens (tertiary/aromatic N) is 1. The molecule has 0 atom stereocenters. The molecule has 0 spiro atoms. The molecule has 20 heavy (non-hydrogen) atoms. The molecule has 5 heteroatoms. The largest absolute Gasteiger partial charge is 0.490 e. The number of nitrogens with two attached hydrogens (primary N) is 1. The van der Waals surface area contributed by atoms with Crippen molar-refractivity contribution in [1.29, 1.82) is 0 Å². The van der Waals surface area contributed by atoms with Crippen LogP contribution >= 0.6 is 11.6 Å². The Hall–Kier alpha value is -1.42. The van der Waals surface area contributed by atoms with E-state index in [-0.39, 0.29) is 11.9 Å². The van der Waals surface area contributed by atoms with Crippen LogP contribution in [0.2, 0.25) is 5.02 Å². The van der Waals surface area contributed by atoms with Gasteiger partial charge in [-0.2, -0.15) is 0 Å². The molecule has 0 amide bonds. The molecule has 1 saturated carbocycles. The van der Waals surface area contributed by atoms with Crippen LogP contribution in [-0.4, -0.2) is 17.1 Å². The summed E-state index contributed by atoms with van der Waals surface area (Å²) >= 11 is 5.95. The van der Waals surface area contributed by atoms with Gasteiger partial charge in [-0.15, -0.1) is 0 Å². The molecule has 110 valence electrons. The van der Waals surface area contributed by atoms with Crippen LogP contribution in [0.25, 0.3) is 0 Å². The van der Waals surface area contributed by atoms with Gasteiger partial charge in [0.05, 0.1) is 11.7 Å². The summed E-state index contributed by atoms with van der Waals surface area (Å²) in [6, 6.07) is 5.17. The quantitative estimate of drug-likeness (QED) is 0.386. The summed E-state index contributed by atoms with van der Waals surface area (Å²) in [4.78, 5) is 0. The summed E-state index contributed by atoms with van der Waals surface area (Å²) in [5.41, 5.74) is 6.60. The summed E-state index contributed by atoms with van der Waals surface area (Å²) in [7, 11) is 0. The van der Waals surface area contributed by atoms with Crippen LogP contribution in [0.3, 0.4) is 0 Å². The van der Waals surface area contributed by atoms with E-state index in [0.29, 0.717) is 21.8 Å². The zero-order valence-electron chi connectivity index (χ0n) is 11.9. The van der Waals surface area contributed by atoms with Crippen LogP contribution in [0.1, 0.15) is 45.1 Å². The van der Waals surface area contributed by atoms with Gasteiger partial charge in [0.15, 0.2) is 5.84 Å². The summed E-state index contributed by atoms with van der Waals surface area (Å²) in [6.07, 6.45) is 4.50. The zero-order chi connectivity index (χ0) is 14.8. The maximum absolute atomic E-state index is 8.84. The lowest BCUT2D eigenvalue weighted by Gasteiger charge is -2.34. The van der Waals surface area contributed by atoms with Crippen LogP contribution in [-0.2, 0) is 0 Å². The van der Waals surface area contributed by atoms with Gasteiger partial charge < -0.3 is 15.7 Å². The molecule has 0 unspecified atom stereocenters. The lowest BCUT2D eigenvalue weighted by molar-refractivity contribution is 0.0986.